The molecule has 1 aromatic carbocycles. The number of halogens is 1. The molecule has 1 aliphatic heterocycles. The number of alkyl halides is 1. The third-order valence-electron chi connectivity index (χ3n) is 4.37. The van der Waals surface area contributed by atoms with E-state index >= 15 is 0 Å². The lowest BCUT2D eigenvalue weighted by Crippen LogP contribution is -2.40. The van der Waals surface area contributed by atoms with Gasteiger partial charge in [0.25, 0.3) is 0 Å². The van der Waals surface area contributed by atoms with Crippen LogP contribution in [-0.4, -0.2) is 39.3 Å². The van der Waals surface area contributed by atoms with Gasteiger partial charge >= 0.3 is 0 Å². The van der Waals surface area contributed by atoms with Gasteiger partial charge < -0.3 is 9.47 Å². The number of fused-ring (bicyclic) bond motifs is 1. The molecule has 2 aromatic rings. The number of benzene rings is 1. The molecule has 0 atom stereocenters. The largest absolute Gasteiger partial charge is 0.342 e. The van der Waals surface area contributed by atoms with Gasteiger partial charge in [0.05, 0.1) is 11.0 Å². The van der Waals surface area contributed by atoms with E-state index in [2.05, 4.69) is 34.7 Å². The van der Waals surface area contributed by atoms with Crippen LogP contribution in [0.25, 0.3) is 11.0 Å². The van der Waals surface area contributed by atoms with Crippen LogP contribution in [0, 0.1) is 12.8 Å². The third-order valence-corrected chi connectivity index (χ3v) is 4.60. The van der Waals surface area contributed by atoms with Gasteiger partial charge in [-0.3, -0.25) is 4.79 Å². The number of hydrogen-bond donors (Lipinski definition) is 0. The zero-order chi connectivity index (χ0) is 14.8. The van der Waals surface area contributed by atoms with Crippen molar-refractivity contribution in [3.05, 3.63) is 30.1 Å². The van der Waals surface area contributed by atoms with Crippen molar-refractivity contribution in [2.45, 2.75) is 26.3 Å². The SMILES string of the molecule is Cc1nc2ccccc2n1CC1CCN(C(=O)CCl)CC1. The molecule has 1 amide bonds. The first-order valence-electron chi connectivity index (χ1n) is 7.44. The Hall–Kier alpha value is -1.55. The van der Waals surface area contributed by atoms with Crippen LogP contribution in [0.3, 0.4) is 0 Å². The molecule has 0 spiro atoms. The molecule has 0 saturated carbocycles. The number of likely N-dealkylation sites (tertiary alicyclic amines) is 1. The number of nitrogens with zero attached hydrogens (tertiary/aromatic N) is 3. The lowest BCUT2D eigenvalue weighted by Gasteiger charge is -2.32. The Morgan fingerprint density at radius 3 is 2.76 bits per heavy atom. The van der Waals surface area contributed by atoms with Gasteiger partial charge in [-0.1, -0.05) is 12.1 Å². The highest BCUT2D eigenvalue weighted by molar-refractivity contribution is 6.27. The predicted molar refractivity (Wildman–Crippen MR) is 84.5 cm³/mol. The first-order valence-corrected chi connectivity index (χ1v) is 7.98. The van der Waals surface area contributed by atoms with E-state index in [1.807, 2.05) is 11.0 Å². The first kappa shape index (κ1) is 14.4. The number of carbonyl (C=O) groups excluding carboxylic acids is 1. The molecule has 21 heavy (non-hydrogen) atoms. The van der Waals surface area contributed by atoms with Crippen molar-refractivity contribution < 1.29 is 4.79 Å². The number of aryl methyl sites for hydroxylation is 1. The van der Waals surface area contributed by atoms with Gasteiger partial charge in [-0.15, -0.1) is 11.6 Å². The molecule has 1 aliphatic rings. The van der Waals surface area contributed by atoms with Crippen LogP contribution in [0.5, 0.6) is 0 Å². The maximum atomic E-state index is 11.6. The van der Waals surface area contributed by atoms with E-state index in [1.54, 1.807) is 0 Å². The van der Waals surface area contributed by atoms with E-state index in [1.165, 1.54) is 5.52 Å². The Bertz CT molecular complexity index is 644. The highest BCUT2D eigenvalue weighted by Crippen LogP contribution is 2.23. The minimum Gasteiger partial charge on any atom is -0.342 e. The molecule has 112 valence electrons. The molecule has 1 saturated heterocycles. The molecule has 0 aliphatic carbocycles. The Morgan fingerprint density at radius 2 is 2.05 bits per heavy atom. The number of para-hydroxylation sites is 2. The van der Waals surface area contributed by atoms with Crippen molar-refractivity contribution in [3.8, 4) is 0 Å². The molecule has 0 bridgehead atoms. The summed E-state index contributed by atoms with van der Waals surface area (Å²) < 4.78 is 2.30. The maximum Gasteiger partial charge on any atom is 0.237 e. The summed E-state index contributed by atoms with van der Waals surface area (Å²) in [6, 6.07) is 8.26. The van der Waals surface area contributed by atoms with Crippen molar-refractivity contribution in [2.75, 3.05) is 19.0 Å². The zero-order valence-electron chi connectivity index (χ0n) is 12.3. The van der Waals surface area contributed by atoms with E-state index in [0.717, 1.165) is 43.8 Å². The fourth-order valence-electron chi connectivity index (χ4n) is 3.13. The summed E-state index contributed by atoms with van der Waals surface area (Å²) in [7, 11) is 0. The molecule has 1 fully saturated rings. The van der Waals surface area contributed by atoms with Crippen LogP contribution in [0.2, 0.25) is 0 Å². The Labute approximate surface area is 129 Å². The number of amides is 1. The normalized spacial score (nSPS) is 16.6. The molecule has 2 heterocycles. The molecule has 4 nitrogen and oxygen atoms in total. The summed E-state index contributed by atoms with van der Waals surface area (Å²) in [5.74, 6) is 1.81. The highest BCUT2D eigenvalue weighted by Gasteiger charge is 2.23. The van der Waals surface area contributed by atoms with Crippen molar-refractivity contribution in [1.82, 2.24) is 14.5 Å². The summed E-state index contributed by atoms with van der Waals surface area (Å²) in [6.07, 6.45) is 2.07. The number of imidazole rings is 1. The van der Waals surface area contributed by atoms with Crippen molar-refractivity contribution in [1.29, 1.82) is 0 Å². The zero-order valence-corrected chi connectivity index (χ0v) is 13.0. The second kappa shape index (κ2) is 6.06. The van der Waals surface area contributed by atoms with Crippen LogP contribution in [-0.2, 0) is 11.3 Å². The minimum atomic E-state index is 0.0550. The van der Waals surface area contributed by atoms with Crippen LogP contribution >= 0.6 is 11.6 Å². The minimum absolute atomic E-state index is 0.0550. The number of piperidine rings is 1. The second-order valence-electron chi connectivity index (χ2n) is 5.72. The fraction of sp³-hybridized carbons (Fsp3) is 0.500. The van der Waals surface area contributed by atoms with Crippen molar-refractivity contribution >= 4 is 28.5 Å². The van der Waals surface area contributed by atoms with Crippen molar-refractivity contribution in [3.63, 3.8) is 0 Å². The van der Waals surface area contributed by atoms with Gasteiger partial charge in [-0.05, 0) is 37.8 Å². The average molecular weight is 306 g/mol. The Kier molecular flexibility index (Phi) is 4.15. The second-order valence-corrected chi connectivity index (χ2v) is 5.98. The topological polar surface area (TPSA) is 38.1 Å². The smallest absolute Gasteiger partial charge is 0.237 e. The number of carbonyl (C=O) groups is 1. The summed E-state index contributed by atoms with van der Waals surface area (Å²) in [6.45, 7) is 4.69. The molecular formula is C16H20ClN3O. The van der Waals surface area contributed by atoms with Gasteiger partial charge in [0.2, 0.25) is 5.91 Å². The van der Waals surface area contributed by atoms with E-state index < -0.39 is 0 Å². The van der Waals surface area contributed by atoms with E-state index in [9.17, 15) is 4.79 Å². The van der Waals surface area contributed by atoms with Crippen LogP contribution < -0.4 is 0 Å². The fourth-order valence-corrected chi connectivity index (χ4v) is 3.30. The van der Waals surface area contributed by atoms with Crippen LogP contribution in [0.4, 0.5) is 0 Å². The average Bonchev–Trinajstić information content (AvgIpc) is 2.83. The maximum absolute atomic E-state index is 11.6. The van der Waals surface area contributed by atoms with Gasteiger partial charge in [0.15, 0.2) is 0 Å². The van der Waals surface area contributed by atoms with Crippen LogP contribution in [0.15, 0.2) is 24.3 Å². The lowest BCUT2D eigenvalue weighted by atomic mass is 9.96. The van der Waals surface area contributed by atoms with Crippen molar-refractivity contribution in [2.24, 2.45) is 5.92 Å². The number of rotatable bonds is 3. The molecule has 0 radical (unpaired) electrons. The molecule has 5 heteroatoms. The summed E-state index contributed by atoms with van der Waals surface area (Å²) in [5, 5.41) is 0. The summed E-state index contributed by atoms with van der Waals surface area (Å²) in [5.41, 5.74) is 2.26. The molecule has 0 unspecified atom stereocenters. The lowest BCUT2D eigenvalue weighted by molar-refractivity contribution is -0.129. The third kappa shape index (κ3) is 2.91. The number of aromatic nitrogens is 2. The van der Waals surface area contributed by atoms with E-state index in [4.69, 9.17) is 11.6 Å². The molecule has 3 rings (SSSR count). The summed E-state index contributed by atoms with van der Waals surface area (Å²) >= 11 is 5.62. The monoisotopic (exact) mass is 305 g/mol. The Morgan fingerprint density at radius 1 is 1.33 bits per heavy atom. The van der Waals surface area contributed by atoms with Gasteiger partial charge in [-0.2, -0.15) is 0 Å². The standard InChI is InChI=1S/C16H20ClN3O/c1-12-18-14-4-2-3-5-15(14)20(12)11-13-6-8-19(9-7-13)16(21)10-17/h2-5,13H,6-11H2,1H3. The highest BCUT2D eigenvalue weighted by atomic mass is 35.5. The molecule has 0 N–H and O–H groups in total. The van der Waals surface area contributed by atoms with Crippen LogP contribution in [0.1, 0.15) is 18.7 Å². The first-order chi connectivity index (χ1) is 10.2. The van der Waals surface area contributed by atoms with Gasteiger partial charge in [0, 0.05) is 19.6 Å². The Balaban J connectivity index is 1.70. The molecular weight excluding hydrogens is 286 g/mol. The molecule has 1 aromatic heterocycles. The van der Waals surface area contributed by atoms with Gasteiger partial charge in [0.1, 0.15) is 11.7 Å². The van der Waals surface area contributed by atoms with Gasteiger partial charge in [-0.25, -0.2) is 4.98 Å². The quantitative estimate of drug-likeness (QED) is 0.818. The predicted octanol–water partition coefficient (Wildman–Crippen LogP) is 2.82. The van der Waals surface area contributed by atoms with E-state index in [-0.39, 0.29) is 11.8 Å². The van der Waals surface area contributed by atoms with E-state index in [0.29, 0.717) is 5.92 Å². The number of hydrogen-bond acceptors (Lipinski definition) is 2. The summed E-state index contributed by atoms with van der Waals surface area (Å²) in [4.78, 5) is 18.1.